The maximum Gasteiger partial charge on any atom is 0.394 e. The third-order valence-electron chi connectivity index (χ3n) is 6.53. The zero-order chi connectivity index (χ0) is 21.9. The van der Waals surface area contributed by atoms with Gasteiger partial charge >= 0.3 is 6.18 Å². The molecule has 2 aromatic rings. The molecule has 0 bridgehead atoms. The van der Waals surface area contributed by atoms with Gasteiger partial charge in [-0.3, -0.25) is 10.1 Å². The van der Waals surface area contributed by atoms with E-state index in [1.165, 1.54) is 6.07 Å². The second kappa shape index (κ2) is 6.93. The summed E-state index contributed by atoms with van der Waals surface area (Å²) in [5.74, 6) is -1.40. The minimum absolute atomic E-state index is 0.0217. The highest BCUT2D eigenvalue weighted by molar-refractivity contribution is 5.92. The van der Waals surface area contributed by atoms with Crippen LogP contribution in [-0.4, -0.2) is 26.7 Å². The SMILES string of the molecule is CC(C)(CC(=O)Nc1nc2c(F)cc(C3(O)CCC3)cc2n1C1CCC1)C(F)(F)F. The maximum atomic E-state index is 14.8. The number of aliphatic hydroxyl groups is 1. The van der Waals surface area contributed by atoms with E-state index in [0.29, 0.717) is 23.9 Å². The smallest absolute Gasteiger partial charge is 0.385 e. The lowest BCUT2D eigenvalue weighted by atomic mass is 9.75. The van der Waals surface area contributed by atoms with Crippen molar-refractivity contribution in [3.05, 3.63) is 23.5 Å². The first-order valence-electron chi connectivity index (χ1n) is 10.2. The van der Waals surface area contributed by atoms with Crippen LogP contribution in [0.5, 0.6) is 0 Å². The fourth-order valence-corrected chi connectivity index (χ4v) is 3.99. The molecule has 0 aliphatic heterocycles. The predicted molar refractivity (Wildman–Crippen MR) is 103 cm³/mol. The zero-order valence-corrected chi connectivity index (χ0v) is 16.9. The number of benzene rings is 1. The van der Waals surface area contributed by atoms with Crippen molar-refractivity contribution in [2.45, 2.75) is 76.6 Å². The Hall–Kier alpha value is -2.16. The fraction of sp³-hybridized carbons (Fsp3) is 0.619. The number of carbonyl (C=O) groups excluding carboxylic acids is 1. The number of anilines is 1. The molecule has 0 spiro atoms. The minimum Gasteiger partial charge on any atom is -0.385 e. The van der Waals surface area contributed by atoms with Crippen LogP contribution in [0.1, 0.15) is 70.4 Å². The number of hydrogen-bond acceptors (Lipinski definition) is 3. The first-order valence-corrected chi connectivity index (χ1v) is 10.2. The van der Waals surface area contributed by atoms with Gasteiger partial charge in [0.2, 0.25) is 11.9 Å². The number of nitrogens with one attached hydrogen (secondary N) is 1. The van der Waals surface area contributed by atoms with E-state index in [4.69, 9.17) is 0 Å². The average molecular weight is 427 g/mol. The van der Waals surface area contributed by atoms with E-state index in [0.717, 1.165) is 39.5 Å². The summed E-state index contributed by atoms with van der Waals surface area (Å²) in [5, 5.41) is 13.1. The Bertz CT molecular complexity index is 988. The second-order valence-corrected chi connectivity index (χ2v) is 9.21. The van der Waals surface area contributed by atoms with Crippen LogP contribution < -0.4 is 5.32 Å². The minimum atomic E-state index is -4.53. The Morgan fingerprint density at radius 2 is 1.93 bits per heavy atom. The molecule has 2 aliphatic rings. The van der Waals surface area contributed by atoms with Gasteiger partial charge in [-0.25, -0.2) is 9.37 Å². The highest BCUT2D eigenvalue weighted by Gasteiger charge is 2.48. The van der Waals surface area contributed by atoms with Crippen molar-refractivity contribution in [1.82, 2.24) is 9.55 Å². The lowest BCUT2D eigenvalue weighted by molar-refractivity contribution is -0.213. The molecule has 30 heavy (non-hydrogen) atoms. The summed E-state index contributed by atoms with van der Waals surface area (Å²) in [5.41, 5.74) is -2.31. The number of imidazole rings is 1. The van der Waals surface area contributed by atoms with Gasteiger partial charge in [-0.1, -0.05) is 13.8 Å². The molecule has 1 aromatic heterocycles. The number of aromatic nitrogens is 2. The molecule has 1 aromatic carbocycles. The summed E-state index contributed by atoms with van der Waals surface area (Å²) in [7, 11) is 0. The maximum absolute atomic E-state index is 14.8. The molecular weight excluding hydrogens is 402 g/mol. The van der Waals surface area contributed by atoms with Gasteiger partial charge in [-0.05, 0) is 56.2 Å². The number of fused-ring (bicyclic) bond motifs is 1. The van der Waals surface area contributed by atoms with Crippen LogP contribution in [-0.2, 0) is 10.4 Å². The van der Waals surface area contributed by atoms with Crippen LogP contribution in [0.15, 0.2) is 12.1 Å². The summed E-state index contributed by atoms with van der Waals surface area (Å²) < 4.78 is 56.0. The van der Waals surface area contributed by atoms with E-state index < -0.39 is 35.3 Å². The molecule has 5 nitrogen and oxygen atoms in total. The van der Waals surface area contributed by atoms with Crippen molar-refractivity contribution in [3.63, 3.8) is 0 Å². The molecule has 2 saturated carbocycles. The van der Waals surface area contributed by atoms with Gasteiger partial charge in [0.05, 0.1) is 16.5 Å². The van der Waals surface area contributed by atoms with Crippen LogP contribution >= 0.6 is 0 Å². The molecule has 2 N–H and O–H groups in total. The lowest BCUT2D eigenvalue weighted by Crippen LogP contribution is -2.36. The Labute approximate surface area is 171 Å². The standard InChI is InChI=1S/C21H25F4N3O2/c1-19(2,21(23,24)25)11-16(29)26-18-27-17-14(22)9-12(20(30)7-4-8-20)10-15(17)28(18)13-5-3-6-13/h9-10,13,30H,3-8,11H2,1-2H3,(H,26,27,29). The van der Waals surface area contributed by atoms with Crippen molar-refractivity contribution < 1.29 is 27.5 Å². The molecule has 0 atom stereocenters. The van der Waals surface area contributed by atoms with Gasteiger partial charge in [0.15, 0.2) is 5.82 Å². The van der Waals surface area contributed by atoms with Crippen LogP contribution in [0.3, 0.4) is 0 Å². The number of alkyl halides is 3. The molecule has 1 amide bonds. The van der Waals surface area contributed by atoms with Crippen molar-refractivity contribution in [2.75, 3.05) is 5.32 Å². The molecule has 0 radical (unpaired) electrons. The average Bonchev–Trinajstić information content (AvgIpc) is 2.88. The Balaban J connectivity index is 1.71. The number of amides is 1. The van der Waals surface area contributed by atoms with Gasteiger partial charge in [-0.15, -0.1) is 0 Å². The summed E-state index contributed by atoms with van der Waals surface area (Å²) in [4.78, 5) is 16.6. The van der Waals surface area contributed by atoms with Crippen LogP contribution in [0, 0.1) is 11.2 Å². The van der Waals surface area contributed by atoms with E-state index >= 15 is 0 Å². The van der Waals surface area contributed by atoms with Crippen LogP contribution in [0.2, 0.25) is 0 Å². The molecule has 1 heterocycles. The first-order chi connectivity index (χ1) is 13.9. The first kappa shape index (κ1) is 21.1. The lowest BCUT2D eigenvalue weighted by Gasteiger charge is -2.37. The highest BCUT2D eigenvalue weighted by Crippen LogP contribution is 2.44. The number of halogens is 4. The molecule has 9 heteroatoms. The second-order valence-electron chi connectivity index (χ2n) is 9.21. The molecule has 0 unspecified atom stereocenters. The van der Waals surface area contributed by atoms with Crippen molar-refractivity contribution >= 4 is 22.9 Å². The summed E-state index contributed by atoms with van der Waals surface area (Å²) in [6.45, 7) is 1.93. The number of carbonyl (C=O) groups is 1. The monoisotopic (exact) mass is 427 g/mol. The summed E-state index contributed by atoms with van der Waals surface area (Å²) in [6.07, 6.45) is -0.775. The Kier molecular flexibility index (Phi) is 4.87. The Morgan fingerprint density at radius 3 is 2.43 bits per heavy atom. The number of hydrogen-bond donors (Lipinski definition) is 2. The quantitative estimate of drug-likeness (QED) is 0.646. The summed E-state index contributed by atoms with van der Waals surface area (Å²) >= 11 is 0. The van der Waals surface area contributed by atoms with E-state index in [-0.39, 0.29) is 17.5 Å². The van der Waals surface area contributed by atoms with Crippen molar-refractivity contribution in [1.29, 1.82) is 0 Å². The molecule has 2 aliphatic carbocycles. The number of rotatable bonds is 5. The normalized spacial score (nSPS) is 19.4. The highest BCUT2D eigenvalue weighted by atomic mass is 19.4. The predicted octanol–water partition coefficient (Wildman–Crippen LogP) is 5.19. The van der Waals surface area contributed by atoms with Gasteiger partial charge in [0, 0.05) is 12.5 Å². The van der Waals surface area contributed by atoms with E-state index in [1.807, 2.05) is 0 Å². The van der Waals surface area contributed by atoms with Gasteiger partial charge in [-0.2, -0.15) is 13.2 Å². The molecule has 4 rings (SSSR count). The Morgan fingerprint density at radius 1 is 1.27 bits per heavy atom. The van der Waals surface area contributed by atoms with E-state index in [1.54, 1.807) is 10.6 Å². The van der Waals surface area contributed by atoms with Crippen LogP contribution in [0.25, 0.3) is 11.0 Å². The largest absolute Gasteiger partial charge is 0.394 e. The topological polar surface area (TPSA) is 67.2 Å². The fourth-order valence-electron chi connectivity index (χ4n) is 3.99. The third-order valence-corrected chi connectivity index (χ3v) is 6.53. The summed E-state index contributed by atoms with van der Waals surface area (Å²) in [6, 6.07) is 2.93. The van der Waals surface area contributed by atoms with Crippen molar-refractivity contribution in [3.8, 4) is 0 Å². The van der Waals surface area contributed by atoms with E-state index in [9.17, 15) is 27.5 Å². The molecule has 164 valence electrons. The molecule has 0 saturated heterocycles. The van der Waals surface area contributed by atoms with E-state index in [2.05, 4.69) is 10.3 Å². The third kappa shape index (κ3) is 3.46. The van der Waals surface area contributed by atoms with Gasteiger partial charge < -0.3 is 9.67 Å². The zero-order valence-electron chi connectivity index (χ0n) is 16.9. The number of nitrogens with zero attached hydrogens (tertiary/aromatic N) is 2. The molecular formula is C21H25F4N3O2. The van der Waals surface area contributed by atoms with Crippen LogP contribution in [0.4, 0.5) is 23.5 Å². The van der Waals surface area contributed by atoms with Gasteiger partial charge in [0.25, 0.3) is 0 Å². The molecule has 2 fully saturated rings. The van der Waals surface area contributed by atoms with Gasteiger partial charge in [0.1, 0.15) is 5.52 Å². The van der Waals surface area contributed by atoms with Crippen molar-refractivity contribution in [2.24, 2.45) is 5.41 Å².